The first kappa shape index (κ1) is 22.9. The maximum atomic E-state index is 2.54. The van der Waals surface area contributed by atoms with Crippen LogP contribution in [0.5, 0.6) is 0 Å². The number of unbranched alkanes of at least 4 members (excludes halogenated alkanes) is 3. The van der Waals surface area contributed by atoms with E-state index in [1.54, 1.807) is 0 Å². The maximum Gasteiger partial charge on any atom is 0.0497 e. The van der Waals surface area contributed by atoms with Gasteiger partial charge in [0.25, 0.3) is 0 Å². The third kappa shape index (κ3) is 5.46. The summed E-state index contributed by atoms with van der Waals surface area (Å²) in [6, 6.07) is 34.8. The highest BCUT2D eigenvalue weighted by Gasteiger charge is 2.11. The van der Waals surface area contributed by atoms with Crippen molar-refractivity contribution in [1.29, 1.82) is 0 Å². The van der Waals surface area contributed by atoms with Crippen LogP contribution in [0.15, 0.2) is 97.1 Å². The van der Waals surface area contributed by atoms with Gasteiger partial charge in [-0.25, -0.2) is 0 Å². The molecule has 0 saturated carbocycles. The Kier molecular flexibility index (Phi) is 7.24. The van der Waals surface area contributed by atoms with Gasteiger partial charge in [0.2, 0.25) is 0 Å². The summed E-state index contributed by atoms with van der Waals surface area (Å²) in [5.74, 6) is 0. The molecule has 0 spiro atoms. The van der Waals surface area contributed by atoms with E-state index >= 15 is 0 Å². The average molecular weight is 456 g/mol. The predicted octanol–water partition coefficient (Wildman–Crippen LogP) is 9.72. The highest BCUT2D eigenvalue weighted by molar-refractivity contribution is 6.09. The average Bonchev–Trinajstić information content (AvgIpc) is 3.22. The Balaban J connectivity index is 1.54. The van der Waals surface area contributed by atoms with Gasteiger partial charge < -0.3 is 4.57 Å². The summed E-state index contributed by atoms with van der Waals surface area (Å²) in [4.78, 5) is 0. The zero-order valence-corrected chi connectivity index (χ0v) is 20.5. The molecular weight excluding hydrogens is 422 g/mol. The van der Waals surface area contributed by atoms with Gasteiger partial charge in [0, 0.05) is 28.4 Å². The molecule has 0 fully saturated rings. The van der Waals surface area contributed by atoms with E-state index in [-0.39, 0.29) is 0 Å². The Morgan fingerprint density at radius 1 is 0.514 bits per heavy atom. The van der Waals surface area contributed by atoms with E-state index in [1.165, 1.54) is 69.7 Å². The second-order valence-electron chi connectivity index (χ2n) is 9.25. The molecule has 35 heavy (non-hydrogen) atoms. The first-order valence-electron chi connectivity index (χ1n) is 12.8. The lowest BCUT2D eigenvalue weighted by Gasteiger charge is -2.08. The zero-order valence-electron chi connectivity index (χ0n) is 20.5. The Morgan fingerprint density at radius 3 is 1.49 bits per heavy atom. The van der Waals surface area contributed by atoms with E-state index in [2.05, 4.69) is 133 Å². The molecule has 0 aliphatic heterocycles. The summed E-state index contributed by atoms with van der Waals surface area (Å²) in [7, 11) is 0. The molecule has 0 saturated heterocycles. The van der Waals surface area contributed by atoms with Crippen LogP contribution in [0.25, 0.3) is 46.1 Å². The molecule has 0 amide bonds. The monoisotopic (exact) mass is 455 g/mol. The predicted molar refractivity (Wildman–Crippen MR) is 154 cm³/mol. The van der Waals surface area contributed by atoms with Crippen molar-refractivity contribution in [1.82, 2.24) is 4.57 Å². The molecule has 1 heterocycles. The molecule has 174 valence electrons. The third-order valence-corrected chi connectivity index (χ3v) is 6.69. The van der Waals surface area contributed by atoms with Gasteiger partial charge in [0.05, 0.1) is 0 Å². The number of nitrogens with zero attached hydrogens (tertiary/aromatic N) is 1. The quantitative estimate of drug-likeness (QED) is 0.154. The minimum absolute atomic E-state index is 1.05. The van der Waals surface area contributed by atoms with Crippen LogP contribution in [-0.4, -0.2) is 4.57 Å². The van der Waals surface area contributed by atoms with Crippen LogP contribution in [0, 0.1) is 0 Å². The van der Waals surface area contributed by atoms with Crippen LogP contribution in [0.2, 0.25) is 0 Å². The van der Waals surface area contributed by atoms with E-state index in [9.17, 15) is 0 Å². The smallest absolute Gasteiger partial charge is 0.0497 e. The van der Waals surface area contributed by atoms with Crippen LogP contribution in [0.4, 0.5) is 0 Å². The fourth-order valence-corrected chi connectivity index (χ4v) is 4.79. The second-order valence-corrected chi connectivity index (χ2v) is 9.25. The van der Waals surface area contributed by atoms with E-state index in [4.69, 9.17) is 0 Å². The first-order valence-corrected chi connectivity index (χ1v) is 12.8. The van der Waals surface area contributed by atoms with E-state index in [0.717, 1.165) is 6.54 Å². The molecule has 0 aliphatic carbocycles. The molecule has 1 heteroatoms. The van der Waals surface area contributed by atoms with Crippen LogP contribution in [-0.2, 0) is 6.54 Å². The number of hydrogen-bond acceptors (Lipinski definition) is 0. The van der Waals surface area contributed by atoms with Gasteiger partial charge in [-0.15, -0.1) is 0 Å². The molecule has 4 aromatic carbocycles. The lowest BCUT2D eigenvalue weighted by molar-refractivity contribution is 0.602. The van der Waals surface area contributed by atoms with Crippen molar-refractivity contribution < 1.29 is 0 Å². The van der Waals surface area contributed by atoms with E-state index in [1.807, 2.05) is 0 Å². The van der Waals surface area contributed by atoms with Crippen LogP contribution >= 0.6 is 0 Å². The van der Waals surface area contributed by atoms with Crippen molar-refractivity contribution in [2.45, 2.75) is 39.2 Å². The van der Waals surface area contributed by atoms with E-state index in [0.29, 0.717) is 0 Å². The molecule has 0 radical (unpaired) electrons. The molecule has 1 nitrogen and oxygen atoms in total. The summed E-state index contributed by atoms with van der Waals surface area (Å²) < 4.78 is 2.54. The lowest BCUT2D eigenvalue weighted by atomic mass is 10.1. The molecular formula is C34H33N. The molecule has 0 unspecified atom stereocenters. The highest BCUT2D eigenvalue weighted by atomic mass is 15.0. The molecule has 0 bridgehead atoms. The Bertz CT molecular complexity index is 1350. The lowest BCUT2D eigenvalue weighted by Crippen LogP contribution is -1.98. The normalized spacial score (nSPS) is 11.9. The first-order chi connectivity index (χ1) is 17.3. The molecule has 0 atom stereocenters. The van der Waals surface area contributed by atoms with Crippen molar-refractivity contribution in [2.24, 2.45) is 0 Å². The van der Waals surface area contributed by atoms with Crippen molar-refractivity contribution in [2.75, 3.05) is 0 Å². The Hall–Kier alpha value is -3.84. The summed E-state index contributed by atoms with van der Waals surface area (Å²) >= 11 is 0. The third-order valence-electron chi connectivity index (χ3n) is 6.69. The minimum atomic E-state index is 1.05. The van der Waals surface area contributed by atoms with Gasteiger partial charge >= 0.3 is 0 Å². The number of benzene rings is 4. The largest absolute Gasteiger partial charge is 0.340 e. The Morgan fingerprint density at radius 2 is 1.00 bits per heavy atom. The number of rotatable bonds is 9. The SMILES string of the molecule is CCCCCCn1c2cc(/C=C/c3ccccc3)ccc2c2ccc(/C=C/c3ccccc3)cc21. The van der Waals surface area contributed by atoms with Crippen molar-refractivity contribution in [3.05, 3.63) is 119 Å². The van der Waals surface area contributed by atoms with E-state index < -0.39 is 0 Å². The van der Waals surface area contributed by atoms with Crippen LogP contribution in [0.1, 0.15) is 54.9 Å². The number of aromatic nitrogens is 1. The maximum absolute atomic E-state index is 2.54. The summed E-state index contributed by atoms with van der Waals surface area (Å²) in [6.07, 6.45) is 13.9. The summed E-state index contributed by atoms with van der Waals surface area (Å²) in [5, 5.41) is 2.68. The van der Waals surface area contributed by atoms with Crippen molar-refractivity contribution >= 4 is 46.1 Å². The topological polar surface area (TPSA) is 4.93 Å². The van der Waals surface area contributed by atoms with Gasteiger partial charge in [-0.1, -0.05) is 135 Å². The van der Waals surface area contributed by atoms with Crippen molar-refractivity contribution in [3.63, 3.8) is 0 Å². The fourth-order valence-electron chi connectivity index (χ4n) is 4.79. The molecule has 5 rings (SSSR count). The summed E-state index contributed by atoms with van der Waals surface area (Å²) in [5.41, 5.74) is 7.59. The van der Waals surface area contributed by atoms with Crippen LogP contribution < -0.4 is 0 Å². The van der Waals surface area contributed by atoms with Gasteiger partial charge in [-0.2, -0.15) is 0 Å². The van der Waals surface area contributed by atoms with Crippen molar-refractivity contribution in [3.8, 4) is 0 Å². The molecule has 0 N–H and O–H groups in total. The standard InChI is InChI=1S/C34H33N/c1-2-3-4-11-24-35-33-25-29(18-16-27-12-7-5-8-13-27)20-22-31(33)32-23-21-30(26-34(32)35)19-17-28-14-9-6-10-15-28/h5-10,12-23,25-26H,2-4,11,24H2,1H3/b18-16+,19-17+. The molecule has 5 aromatic rings. The summed E-state index contributed by atoms with van der Waals surface area (Å²) in [6.45, 7) is 3.33. The van der Waals surface area contributed by atoms with Gasteiger partial charge in [0.1, 0.15) is 0 Å². The Labute approximate surface area is 209 Å². The van der Waals surface area contributed by atoms with Crippen LogP contribution in [0.3, 0.4) is 0 Å². The number of aryl methyl sites for hydroxylation is 1. The minimum Gasteiger partial charge on any atom is -0.340 e. The highest BCUT2D eigenvalue weighted by Crippen LogP contribution is 2.32. The van der Waals surface area contributed by atoms with Gasteiger partial charge in [0.15, 0.2) is 0 Å². The zero-order chi connectivity index (χ0) is 23.9. The molecule has 1 aromatic heterocycles. The van der Waals surface area contributed by atoms with Gasteiger partial charge in [-0.3, -0.25) is 0 Å². The number of fused-ring (bicyclic) bond motifs is 3. The fraction of sp³-hybridized carbons (Fsp3) is 0.176. The number of hydrogen-bond donors (Lipinski definition) is 0. The van der Waals surface area contributed by atoms with Gasteiger partial charge in [-0.05, 0) is 40.8 Å². The molecule has 0 aliphatic rings. The second kappa shape index (κ2) is 11.1.